The third kappa shape index (κ3) is 7.16. The number of aromatic nitrogens is 3. The van der Waals surface area contributed by atoms with Gasteiger partial charge in [0.25, 0.3) is 5.56 Å². The topological polar surface area (TPSA) is 106 Å². The summed E-state index contributed by atoms with van der Waals surface area (Å²) in [5, 5.41) is 11.1. The van der Waals surface area contributed by atoms with Crippen LogP contribution >= 0.6 is 0 Å². The van der Waals surface area contributed by atoms with Gasteiger partial charge in [-0.05, 0) is 49.9 Å². The third-order valence-corrected chi connectivity index (χ3v) is 5.50. The number of hydrogen-bond donors (Lipinski definition) is 2. The van der Waals surface area contributed by atoms with E-state index < -0.39 is 0 Å². The molecule has 2 N–H and O–H groups in total. The molecule has 0 spiro atoms. The highest BCUT2D eigenvalue weighted by Crippen LogP contribution is 2.32. The fourth-order valence-corrected chi connectivity index (χ4v) is 3.35. The number of aryl methyl sites for hydroxylation is 2. The second-order valence-electron chi connectivity index (χ2n) is 8.09. The van der Waals surface area contributed by atoms with Crippen LogP contribution in [0.3, 0.4) is 0 Å². The van der Waals surface area contributed by atoms with Crippen molar-refractivity contribution in [2.24, 2.45) is 0 Å². The van der Waals surface area contributed by atoms with Gasteiger partial charge < -0.3 is 19.8 Å². The van der Waals surface area contributed by atoms with E-state index in [1.807, 2.05) is 32.0 Å². The van der Waals surface area contributed by atoms with Crippen LogP contribution in [0.1, 0.15) is 44.4 Å². The van der Waals surface area contributed by atoms with Crippen molar-refractivity contribution in [1.82, 2.24) is 20.5 Å². The molecule has 0 bridgehead atoms. The zero-order chi connectivity index (χ0) is 24.3. The largest absolute Gasteiger partial charge is 0.493 e. The monoisotopic (exact) mass is 464 g/mol. The Morgan fingerprint density at radius 2 is 1.88 bits per heavy atom. The van der Waals surface area contributed by atoms with Crippen LogP contribution in [0.5, 0.6) is 11.5 Å². The van der Waals surface area contributed by atoms with Crippen LogP contribution < -0.4 is 20.3 Å². The predicted octanol–water partition coefficient (Wildman–Crippen LogP) is 3.70. The number of rotatable bonds is 12. The summed E-state index contributed by atoms with van der Waals surface area (Å²) in [7, 11) is 1.56. The highest BCUT2D eigenvalue weighted by Gasteiger charge is 2.13. The average molecular weight is 465 g/mol. The minimum Gasteiger partial charge on any atom is -0.493 e. The Morgan fingerprint density at radius 3 is 2.59 bits per heavy atom. The van der Waals surface area contributed by atoms with Crippen LogP contribution in [-0.2, 0) is 17.6 Å². The Labute approximate surface area is 199 Å². The van der Waals surface area contributed by atoms with Gasteiger partial charge in [0.15, 0.2) is 17.3 Å². The number of methoxy groups -OCH3 is 1. The summed E-state index contributed by atoms with van der Waals surface area (Å²) in [5.41, 5.74) is 1.77. The summed E-state index contributed by atoms with van der Waals surface area (Å²) in [4.78, 5) is 27.4. The normalized spacial score (nSPS) is 11.6. The van der Waals surface area contributed by atoms with Crippen LogP contribution in [0.4, 0.5) is 0 Å². The number of aromatic amines is 1. The maximum atomic E-state index is 12.5. The van der Waals surface area contributed by atoms with Crippen molar-refractivity contribution in [3.05, 3.63) is 70.1 Å². The average Bonchev–Trinajstić information content (AvgIpc) is 2.86. The second-order valence-corrected chi connectivity index (χ2v) is 8.09. The molecule has 1 unspecified atom stereocenters. The minimum atomic E-state index is -0.360. The lowest BCUT2D eigenvalue weighted by Crippen LogP contribution is -2.26. The van der Waals surface area contributed by atoms with Crippen LogP contribution in [0.15, 0.2) is 53.3 Å². The fourth-order valence-electron chi connectivity index (χ4n) is 3.35. The van der Waals surface area contributed by atoms with Gasteiger partial charge in [-0.15, -0.1) is 10.2 Å². The van der Waals surface area contributed by atoms with Crippen molar-refractivity contribution in [2.45, 2.75) is 52.1 Å². The van der Waals surface area contributed by atoms with Crippen molar-refractivity contribution in [3.63, 3.8) is 0 Å². The van der Waals surface area contributed by atoms with E-state index in [4.69, 9.17) is 9.47 Å². The second kappa shape index (κ2) is 12.5. The van der Waals surface area contributed by atoms with Gasteiger partial charge in [-0.3, -0.25) is 9.59 Å². The molecule has 0 aliphatic rings. The molecule has 0 aliphatic carbocycles. The van der Waals surface area contributed by atoms with Crippen LogP contribution in [0.25, 0.3) is 11.4 Å². The molecule has 8 heteroatoms. The first-order chi connectivity index (χ1) is 16.5. The van der Waals surface area contributed by atoms with Gasteiger partial charge in [0.1, 0.15) is 5.69 Å². The van der Waals surface area contributed by atoms with E-state index in [1.54, 1.807) is 25.3 Å². The number of ether oxygens (including phenoxy) is 2. The highest BCUT2D eigenvalue weighted by atomic mass is 16.5. The molecule has 180 valence electrons. The van der Waals surface area contributed by atoms with Gasteiger partial charge in [-0.2, -0.15) is 0 Å². The number of amides is 1. The molecular weight excluding hydrogens is 432 g/mol. The van der Waals surface area contributed by atoms with Crippen LogP contribution in [0, 0.1) is 0 Å². The molecule has 0 radical (unpaired) electrons. The van der Waals surface area contributed by atoms with Crippen molar-refractivity contribution in [2.75, 3.05) is 13.7 Å². The van der Waals surface area contributed by atoms with Gasteiger partial charge >= 0.3 is 0 Å². The van der Waals surface area contributed by atoms with Crippen LogP contribution in [-0.4, -0.2) is 40.8 Å². The fraction of sp³-hybridized carbons (Fsp3) is 0.385. The molecule has 0 fully saturated rings. The molecular formula is C26H32N4O4. The van der Waals surface area contributed by atoms with Gasteiger partial charge in [0.2, 0.25) is 5.91 Å². The molecule has 34 heavy (non-hydrogen) atoms. The third-order valence-electron chi connectivity index (χ3n) is 5.50. The molecule has 3 rings (SSSR count). The quantitative estimate of drug-likeness (QED) is 0.396. The maximum Gasteiger partial charge on any atom is 0.273 e. The van der Waals surface area contributed by atoms with E-state index >= 15 is 0 Å². The molecule has 0 saturated carbocycles. The maximum absolute atomic E-state index is 12.5. The molecule has 1 amide bonds. The summed E-state index contributed by atoms with van der Waals surface area (Å²) in [6.07, 6.45) is 3.09. The number of H-pyrrole nitrogens is 1. The molecule has 8 nitrogen and oxygen atoms in total. The van der Waals surface area contributed by atoms with Crippen molar-refractivity contribution in [1.29, 1.82) is 0 Å². The molecule has 0 aliphatic heterocycles. The Hall–Kier alpha value is -3.68. The summed E-state index contributed by atoms with van der Waals surface area (Å²) < 4.78 is 11.3. The number of nitrogens with one attached hydrogen (secondary N) is 2. The molecule has 0 saturated heterocycles. The predicted molar refractivity (Wildman–Crippen MR) is 131 cm³/mol. The molecule has 1 heterocycles. The van der Waals surface area contributed by atoms with E-state index in [0.29, 0.717) is 29.4 Å². The molecule has 1 aromatic heterocycles. The minimum absolute atomic E-state index is 0.0553. The van der Waals surface area contributed by atoms with Crippen molar-refractivity contribution < 1.29 is 14.3 Å². The Morgan fingerprint density at radius 1 is 1.09 bits per heavy atom. The van der Waals surface area contributed by atoms with Crippen LogP contribution in [0.2, 0.25) is 0 Å². The Kier molecular flexibility index (Phi) is 9.20. The summed E-state index contributed by atoms with van der Waals surface area (Å²) in [5.74, 6) is 1.39. The smallest absolute Gasteiger partial charge is 0.273 e. The molecule has 3 aromatic rings. The SMILES string of the molecule is CCC(C)Oc1ccc(-c2nnc(CCC(=O)NCCCc3ccccc3)c(=O)[nH]2)cc1OC. The lowest BCUT2D eigenvalue weighted by atomic mass is 10.1. The zero-order valence-corrected chi connectivity index (χ0v) is 20.0. The van der Waals surface area contributed by atoms with Gasteiger partial charge in [-0.25, -0.2) is 0 Å². The number of carbonyl (C=O) groups is 1. The van der Waals surface area contributed by atoms with E-state index in [0.717, 1.165) is 19.3 Å². The van der Waals surface area contributed by atoms with Gasteiger partial charge in [-0.1, -0.05) is 37.3 Å². The van der Waals surface area contributed by atoms with Crippen molar-refractivity contribution in [3.8, 4) is 22.9 Å². The first-order valence-corrected chi connectivity index (χ1v) is 11.6. The van der Waals surface area contributed by atoms with E-state index in [-0.39, 0.29) is 36.1 Å². The summed E-state index contributed by atoms with van der Waals surface area (Å²) in [6.45, 7) is 4.62. The van der Waals surface area contributed by atoms with Crippen molar-refractivity contribution >= 4 is 5.91 Å². The first kappa shape index (κ1) is 25.0. The van der Waals surface area contributed by atoms with E-state index in [1.165, 1.54) is 5.56 Å². The Bertz CT molecular complexity index is 1130. The van der Waals surface area contributed by atoms with Gasteiger partial charge in [0.05, 0.1) is 13.2 Å². The van der Waals surface area contributed by atoms with Gasteiger partial charge in [0, 0.05) is 24.9 Å². The first-order valence-electron chi connectivity index (χ1n) is 11.6. The highest BCUT2D eigenvalue weighted by molar-refractivity contribution is 5.76. The van der Waals surface area contributed by atoms with E-state index in [9.17, 15) is 9.59 Å². The standard InChI is InChI=1S/C26H32N4O4/c1-4-18(2)34-22-14-12-20(17-23(22)33-3)25-28-26(32)21(29-30-25)13-15-24(31)27-16-8-11-19-9-6-5-7-10-19/h5-7,9-10,12,14,17-18H,4,8,11,13,15-16H2,1-3H3,(H,27,31)(H,28,30,32). The molecule has 2 aromatic carbocycles. The van der Waals surface area contributed by atoms with E-state index in [2.05, 4.69) is 32.6 Å². The zero-order valence-electron chi connectivity index (χ0n) is 20.0. The summed E-state index contributed by atoms with van der Waals surface area (Å²) >= 11 is 0. The lowest BCUT2D eigenvalue weighted by molar-refractivity contribution is -0.121. The number of nitrogens with zero attached hydrogens (tertiary/aromatic N) is 2. The Balaban J connectivity index is 1.53. The lowest BCUT2D eigenvalue weighted by Gasteiger charge is -2.16. The number of hydrogen-bond acceptors (Lipinski definition) is 6. The number of carbonyl (C=O) groups excluding carboxylic acids is 1. The molecule has 1 atom stereocenters. The summed E-state index contributed by atoms with van der Waals surface area (Å²) in [6, 6.07) is 15.5. The number of benzene rings is 2.